The average molecular weight is 1940 g/mol. The van der Waals surface area contributed by atoms with Gasteiger partial charge in [-0.15, -0.1) is 0 Å². The predicted molar refractivity (Wildman–Crippen MR) is 496 cm³/mol. The number of hydrogen-bond donors (Lipinski definition) is 9. The maximum atomic E-state index is 14.3. The van der Waals surface area contributed by atoms with E-state index in [9.17, 15) is 61.1 Å². The zero-order valence-electron chi connectivity index (χ0n) is 76.7. The molecule has 0 unspecified atom stereocenters. The smallest absolute Gasteiger partial charge is 0.415 e. The molecule has 0 fully saturated rings. The molecule has 0 atom stereocenters. The highest BCUT2D eigenvalue weighted by Gasteiger charge is 2.31. The van der Waals surface area contributed by atoms with Crippen molar-refractivity contribution < 1.29 is 85.4 Å². The third-order valence-corrected chi connectivity index (χ3v) is 17.8. The number of amides is 6. The van der Waals surface area contributed by atoms with E-state index in [2.05, 4.69) is 98.4 Å². The molecule has 6 amide bonds. The van der Waals surface area contributed by atoms with Crippen LogP contribution in [-0.4, -0.2) is 206 Å². The number of aromatic carboxylic acids is 1. The molecule has 0 spiro atoms. The highest BCUT2D eigenvalue weighted by molar-refractivity contribution is 6.30. The number of nitrogen functional groups attached to an aromatic ring is 1. The van der Waals surface area contributed by atoms with E-state index in [-0.39, 0.29) is 120 Å². The van der Waals surface area contributed by atoms with Crippen LogP contribution in [-0.2, 0) is 33.6 Å². The third-order valence-electron chi connectivity index (χ3n) is 17.4. The van der Waals surface area contributed by atoms with Gasteiger partial charge in [-0.25, -0.2) is 89.6 Å². The summed E-state index contributed by atoms with van der Waals surface area (Å²) in [6.45, 7) is 24.1. The second-order valence-electron chi connectivity index (χ2n) is 30.8. The Morgan fingerprint density at radius 3 is 1.09 bits per heavy atom. The van der Waals surface area contributed by atoms with Gasteiger partial charge in [-0.05, 0) is 163 Å². The fourth-order valence-corrected chi connectivity index (χ4v) is 11.7. The Bertz CT molecular complexity index is 6910. The number of pyridine rings is 6. The molecule has 14 heterocycles. The van der Waals surface area contributed by atoms with Crippen molar-refractivity contribution in [2.24, 2.45) is 5.90 Å². The average Bonchev–Trinajstić information content (AvgIpc) is 1.67. The SMILES string of the molecule is CCON.CCONC(=O)c1cnn2c(N(C)C(=O)OC(C)(C)C)cc(Cl)nc12.CCONC(=O)c1cnn2c(N(C)C(=O)OC(C)(C)C)cc(Nc3cccn(-c4ncccc4F)c3=O)nc12.CCONC(=O)c1cnn2c(NC)cc(Nc3cccn(-c4ncccc4F)c3=O)nc12.CN(C(=O)OC(C)(C)C)c1cc(Cl)nc2c(C(=O)O)cnn12.Nc1cccn(-c2ncccc2F)c1=O. The minimum atomic E-state index is -1.18. The number of hydroxylamine groups is 3. The fourth-order valence-electron chi connectivity index (χ4n) is 11.4. The number of hydrogen-bond acceptors (Lipinski definition) is 33. The van der Waals surface area contributed by atoms with Crippen LogP contribution in [0.25, 0.3) is 40.0 Å². The molecule has 14 aromatic rings. The summed E-state index contributed by atoms with van der Waals surface area (Å²) < 4.78 is 66.4. The van der Waals surface area contributed by atoms with Crippen LogP contribution in [0, 0.1) is 17.5 Å². The first-order valence-electron chi connectivity index (χ1n) is 40.9. The molecule has 0 saturated heterocycles. The molecular formula is C85H96Cl2F3N29O18. The van der Waals surface area contributed by atoms with E-state index in [1.54, 1.807) is 108 Å². The first-order valence-corrected chi connectivity index (χ1v) is 41.7. The first kappa shape index (κ1) is 105. The molecule has 0 aliphatic rings. The highest BCUT2D eigenvalue weighted by Crippen LogP contribution is 2.30. The molecular weight excluding hydrogens is 1840 g/mol. The largest absolute Gasteiger partial charge is 0.477 e. The monoisotopic (exact) mass is 1940 g/mol. The molecule has 47 nitrogen and oxygen atoms in total. The van der Waals surface area contributed by atoms with Gasteiger partial charge in [0.1, 0.15) is 95.6 Å². The maximum Gasteiger partial charge on any atom is 0.415 e. The number of nitrogens with zero attached hydrogens (tertiary/aromatic N) is 21. The van der Waals surface area contributed by atoms with Crippen molar-refractivity contribution in [3.05, 3.63) is 240 Å². The van der Waals surface area contributed by atoms with Gasteiger partial charge in [0.15, 0.2) is 57.5 Å². The summed E-state index contributed by atoms with van der Waals surface area (Å²) in [5.41, 5.74) is 9.61. The Morgan fingerprint density at radius 2 is 0.759 bits per heavy atom. The van der Waals surface area contributed by atoms with Crippen LogP contribution in [0.15, 0.2) is 173 Å². The molecule has 52 heteroatoms. The standard InChI is InChI=1S/C25H27FN8O5.C20H19FN8O3.C15H20ClN5O4.C13H15ClN4O4.C10H8FN3O.C2H7NO/c1-6-38-31-22(35)15-14-28-34-19(32(5)24(37)39-25(2,3)4)13-18(30-20(15)34)29-17-10-8-12-33(23(17)36)21-16(26)9-7-11-27-21;1-3-32-27-19(30)12-11-24-29-16(22-2)10-15(26-17(12)29)25-14-7-5-9-28(20(14)31)18-13(21)6-4-8-23-18;1-6-24-19-13(22)9-8-17-21-11(7-10(16)18-12(9)21)20(5)14(23)25-15(2,3)4;1-13(2,3)22-12(21)17(4)9-5-8(14)16-10-7(11(19)20)6-15-18(9)10;11-7-3-1-5-13-9(7)14-6-2-4-8(12)10(14)15;1-2-4-3/h7-14H,6H2,1-5H3,(H,29,30)(H,31,35);4-11,22H,3H2,1-2H3,(H,25,26)(H,27,30);7-8H,6H2,1-5H3,(H,19,22);5-6H,1-4H3,(H,19,20);1-6H,12H2;2-3H2,1H3. The van der Waals surface area contributed by atoms with E-state index >= 15 is 0 Å². The Balaban J connectivity index is 0.000000195. The summed E-state index contributed by atoms with van der Waals surface area (Å²) >= 11 is 12.0. The summed E-state index contributed by atoms with van der Waals surface area (Å²) in [6.07, 6.45) is 11.6. The van der Waals surface area contributed by atoms with E-state index in [0.717, 1.165) is 19.9 Å². The van der Waals surface area contributed by atoms with E-state index in [0.29, 0.717) is 31.5 Å². The van der Waals surface area contributed by atoms with Crippen molar-refractivity contribution in [3.63, 3.8) is 0 Å². The van der Waals surface area contributed by atoms with Gasteiger partial charge in [-0.1, -0.05) is 23.2 Å². The summed E-state index contributed by atoms with van der Waals surface area (Å²) in [4.78, 5) is 174. The number of halogens is 5. The van der Waals surface area contributed by atoms with Gasteiger partial charge < -0.3 is 45.8 Å². The molecule has 0 aromatic carbocycles. The predicted octanol–water partition coefficient (Wildman–Crippen LogP) is 10.8. The lowest BCUT2D eigenvalue weighted by molar-refractivity contribution is 0.0363. The summed E-state index contributed by atoms with van der Waals surface area (Å²) in [5.74, 6) is 1.09. The van der Waals surface area contributed by atoms with Gasteiger partial charge in [0.2, 0.25) is 0 Å². The van der Waals surface area contributed by atoms with Crippen molar-refractivity contribution in [2.75, 3.05) is 91.0 Å². The topological polar surface area (TPSA) is 564 Å². The number of ether oxygens (including phenoxy) is 3. The lowest BCUT2D eigenvalue weighted by Crippen LogP contribution is -2.35. The minimum Gasteiger partial charge on any atom is -0.477 e. The van der Waals surface area contributed by atoms with Gasteiger partial charge in [0, 0.05) is 89.6 Å². The van der Waals surface area contributed by atoms with Crippen LogP contribution in [0.4, 0.5) is 79.5 Å². The number of carbonyl (C=O) groups is 7. The number of carboxylic acid groups (broad SMARTS) is 1. The number of carbonyl (C=O) groups excluding carboxylic acids is 6. The zero-order valence-corrected chi connectivity index (χ0v) is 78.2. The molecule has 724 valence electrons. The molecule has 11 N–H and O–H groups in total. The van der Waals surface area contributed by atoms with Gasteiger partial charge in [-0.3, -0.25) is 71.7 Å². The molecule has 0 bridgehead atoms. The molecule has 0 aliphatic heterocycles. The Kier molecular flexibility index (Phi) is 35.5. The van der Waals surface area contributed by atoms with E-state index in [1.165, 1.54) is 189 Å². The number of anilines is 9. The summed E-state index contributed by atoms with van der Waals surface area (Å²) in [7, 11) is 6.13. The zero-order chi connectivity index (χ0) is 101. The Labute approximate surface area is 786 Å². The molecule has 0 aliphatic carbocycles. The second kappa shape index (κ2) is 46.5. The highest BCUT2D eigenvalue weighted by atomic mass is 35.5. The molecule has 14 rings (SSSR count). The van der Waals surface area contributed by atoms with Crippen LogP contribution in [0.2, 0.25) is 10.3 Å². The van der Waals surface area contributed by atoms with Crippen molar-refractivity contribution in [1.29, 1.82) is 0 Å². The van der Waals surface area contributed by atoms with Crippen molar-refractivity contribution in [3.8, 4) is 17.5 Å². The van der Waals surface area contributed by atoms with E-state index < -0.39 is 92.9 Å². The van der Waals surface area contributed by atoms with Gasteiger partial charge in [0.05, 0.1) is 56.9 Å². The molecule has 0 saturated carbocycles. The molecule has 0 radical (unpaired) electrons. The maximum absolute atomic E-state index is 14.3. The minimum absolute atomic E-state index is 0.0325. The van der Waals surface area contributed by atoms with E-state index in [1.807, 2.05) is 6.92 Å². The Hall–Kier alpha value is -16.2. The van der Waals surface area contributed by atoms with Crippen LogP contribution in [0.1, 0.15) is 131 Å². The van der Waals surface area contributed by atoms with Gasteiger partial charge >= 0.3 is 24.2 Å². The lowest BCUT2D eigenvalue weighted by Gasteiger charge is -2.25. The summed E-state index contributed by atoms with van der Waals surface area (Å²) in [6, 6.07) is 23.0. The number of carboxylic acids is 1. The van der Waals surface area contributed by atoms with Crippen molar-refractivity contribution in [2.45, 2.75) is 107 Å². The number of fused-ring (bicyclic) bond motifs is 4. The van der Waals surface area contributed by atoms with Crippen LogP contribution in [0.3, 0.4) is 0 Å². The third kappa shape index (κ3) is 26.9. The molecule has 14 aromatic heterocycles. The Morgan fingerprint density at radius 1 is 0.445 bits per heavy atom. The second-order valence-corrected chi connectivity index (χ2v) is 31.6. The fraction of sp³-hybridized carbons (Fsp3) is 0.282. The van der Waals surface area contributed by atoms with Crippen LogP contribution >= 0.6 is 23.2 Å². The number of rotatable bonds is 22. The lowest BCUT2D eigenvalue weighted by atomic mass is 10.2. The van der Waals surface area contributed by atoms with Gasteiger partial charge in [0.25, 0.3) is 34.4 Å². The van der Waals surface area contributed by atoms with E-state index in [4.69, 9.17) is 62.8 Å². The number of nitrogens with two attached hydrogens (primary N) is 2. The van der Waals surface area contributed by atoms with Crippen molar-refractivity contribution in [1.82, 2.24) is 103 Å². The van der Waals surface area contributed by atoms with Crippen LogP contribution < -0.4 is 75.4 Å². The normalized spacial score (nSPS) is 11.0. The quantitative estimate of drug-likeness (QED) is 0.0173. The van der Waals surface area contributed by atoms with Crippen LogP contribution in [0.5, 0.6) is 0 Å². The number of nitrogens with one attached hydrogen (secondary N) is 6. The first-order chi connectivity index (χ1) is 64.9. The molecule has 137 heavy (non-hydrogen) atoms. The number of aromatic nitrogens is 18. The summed E-state index contributed by atoms with van der Waals surface area (Å²) in [5, 5.41) is 34.5. The van der Waals surface area contributed by atoms with Crippen molar-refractivity contribution >= 4 is 140 Å². The van der Waals surface area contributed by atoms with Gasteiger partial charge in [-0.2, -0.15) is 38.5 Å².